The molecule has 0 aliphatic carbocycles. The van der Waals surface area contributed by atoms with Crippen LogP contribution in [0.15, 0.2) is 48.5 Å². The number of ether oxygens (including phenoxy) is 1. The molecule has 7 nitrogen and oxygen atoms in total. The molecule has 2 unspecified atom stereocenters. The number of carbonyl (C=O) groups excluding carboxylic acids is 2. The number of benzene rings is 2. The number of amides is 1. The Hall–Kier alpha value is -2.65. The number of hydrogen-bond donors (Lipinski definition) is 2. The highest BCUT2D eigenvalue weighted by Crippen LogP contribution is 2.48. The molecule has 1 saturated heterocycles. The lowest BCUT2D eigenvalue weighted by molar-refractivity contribution is -0.121. The van der Waals surface area contributed by atoms with E-state index in [-0.39, 0.29) is 23.4 Å². The number of aromatic amines is 1. The van der Waals surface area contributed by atoms with Gasteiger partial charge in [0.25, 0.3) is 0 Å². The SMILES string of the molecule is CC(=O)CC1SC(c2ccc(CN3CCOCC3)cc2)c2c(n[nH]c2-c2ccc(Cl)cc2)NC1=O. The van der Waals surface area contributed by atoms with Crippen LogP contribution in [0.1, 0.15) is 35.3 Å². The summed E-state index contributed by atoms with van der Waals surface area (Å²) in [5.74, 6) is 0.282. The van der Waals surface area contributed by atoms with Gasteiger partial charge in [-0.1, -0.05) is 48.0 Å². The third-order valence-corrected chi connectivity index (χ3v) is 8.04. The van der Waals surface area contributed by atoms with Crippen molar-refractivity contribution < 1.29 is 14.3 Å². The van der Waals surface area contributed by atoms with Gasteiger partial charge in [0.05, 0.1) is 29.4 Å². The molecule has 2 atom stereocenters. The summed E-state index contributed by atoms with van der Waals surface area (Å²) in [6.45, 7) is 5.80. The Balaban J connectivity index is 1.51. The Bertz CT molecular complexity index is 1210. The smallest absolute Gasteiger partial charge is 0.239 e. The molecule has 0 radical (unpaired) electrons. The number of H-pyrrole nitrogens is 1. The van der Waals surface area contributed by atoms with Crippen LogP contribution in [0, 0.1) is 0 Å². The van der Waals surface area contributed by atoms with Crippen molar-refractivity contribution in [1.82, 2.24) is 15.1 Å². The van der Waals surface area contributed by atoms with Gasteiger partial charge >= 0.3 is 0 Å². The van der Waals surface area contributed by atoms with Crippen LogP contribution in [-0.2, 0) is 20.9 Å². The predicted octanol–water partition coefficient (Wildman–Crippen LogP) is 4.68. The van der Waals surface area contributed by atoms with Crippen molar-refractivity contribution in [3.63, 3.8) is 0 Å². The molecule has 0 bridgehead atoms. The predicted molar refractivity (Wildman–Crippen MR) is 139 cm³/mol. The molecule has 182 valence electrons. The molecule has 2 aromatic carbocycles. The first-order valence-corrected chi connectivity index (χ1v) is 13.0. The molecule has 0 spiro atoms. The maximum Gasteiger partial charge on any atom is 0.239 e. The van der Waals surface area contributed by atoms with Crippen LogP contribution in [0.5, 0.6) is 0 Å². The van der Waals surface area contributed by atoms with Gasteiger partial charge < -0.3 is 10.1 Å². The van der Waals surface area contributed by atoms with E-state index in [1.165, 1.54) is 24.2 Å². The van der Waals surface area contributed by atoms with E-state index in [2.05, 4.69) is 44.7 Å². The van der Waals surface area contributed by atoms with Gasteiger partial charge in [0, 0.05) is 42.2 Å². The van der Waals surface area contributed by atoms with Gasteiger partial charge in [-0.05, 0) is 30.2 Å². The highest BCUT2D eigenvalue weighted by molar-refractivity contribution is 8.01. The fraction of sp³-hybridized carbons (Fsp3) is 0.346. The molecule has 9 heteroatoms. The standard InChI is InChI=1S/C26H27ClN4O3S/c1-16(32)14-21-26(33)28-25-22(23(29-30-25)18-6-8-20(27)9-7-18)24(35-21)19-4-2-17(3-5-19)15-31-10-12-34-13-11-31/h2-9,21,24H,10-15H2,1H3,(H2,28,29,30,33). The summed E-state index contributed by atoms with van der Waals surface area (Å²) in [7, 11) is 0. The zero-order chi connectivity index (χ0) is 24.4. The number of fused-ring (bicyclic) bond motifs is 1. The summed E-state index contributed by atoms with van der Waals surface area (Å²) in [4.78, 5) is 27.3. The number of halogens is 1. The van der Waals surface area contributed by atoms with E-state index >= 15 is 0 Å². The van der Waals surface area contributed by atoms with Gasteiger partial charge in [0.15, 0.2) is 5.82 Å². The van der Waals surface area contributed by atoms with E-state index in [0.29, 0.717) is 10.8 Å². The van der Waals surface area contributed by atoms with Crippen molar-refractivity contribution in [1.29, 1.82) is 0 Å². The number of carbonyl (C=O) groups is 2. The molecular weight excluding hydrogens is 484 g/mol. The van der Waals surface area contributed by atoms with E-state index in [9.17, 15) is 9.59 Å². The van der Waals surface area contributed by atoms with Crippen molar-refractivity contribution in [3.8, 4) is 11.3 Å². The Morgan fingerprint density at radius 3 is 2.54 bits per heavy atom. The molecule has 1 aromatic heterocycles. The Labute approximate surface area is 213 Å². The number of anilines is 1. The molecule has 3 aromatic rings. The lowest BCUT2D eigenvalue weighted by atomic mass is 9.99. The van der Waals surface area contributed by atoms with Crippen molar-refractivity contribution in [3.05, 3.63) is 70.2 Å². The second-order valence-corrected chi connectivity index (χ2v) is 10.6. The zero-order valence-electron chi connectivity index (χ0n) is 19.4. The minimum Gasteiger partial charge on any atom is -0.379 e. The van der Waals surface area contributed by atoms with Crippen molar-refractivity contribution in [2.45, 2.75) is 30.4 Å². The number of morpholine rings is 1. The van der Waals surface area contributed by atoms with E-state index < -0.39 is 5.25 Å². The molecule has 2 aliphatic heterocycles. The van der Waals surface area contributed by atoms with Gasteiger partial charge in [-0.3, -0.25) is 19.6 Å². The van der Waals surface area contributed by atoms with Gasteiger partial charge in [-0.25, -0.2) is 0 Å². The fourth-order valence-corrected chi connectivity index (χ4v) is 6.14. The summed E-state index contributed by atoms with van der Waals surface area (Å²) in [5, 5.41) is 10.5. The van der Waals surface area contributed by atoms with Crippen LogP contribution in [0.4, 0.5) is 5.82 Å². The number of aromatic nitrogens is 2. The summed E-state index contributed by atoms with van der Waals surface area (Å²) < 4.78 is 5.46. The highest BCUT2D eigenvalue weighted by Gasteiger charge is 2.36. The van der Waals surface area contributed by atoms with Crippen molar-refractivity contribution in [2.75, 3.05) is 31.6 Å². The van der Waals surface area contributed by atoms with E-state index in [0.717, 1.165) is 55.2 Å². The molecule has 0 saturated carbocycles. The van der Waals surface area contributed by atoms with Crippen molar-refractivity contribution >= 4 is 40.9 Å². The molecular formula is C26H27ClN4O3S. The number of nitrogens with zero attached hydrogens (tertiary/aromatic N) is 2. The number of rotatable bonds is 6. The third-order valence-electron chi connectivity index (χ3n) is 6.30. The first-order valence-electron chi connectivity index (χ1n) is 11.7. The Kier molecular flexibility index (Phi) is 7.24. The largest absolute Gasteiger partial charge is 0.379 e. The molecule has 5 rings (SSSR count). The average Bonchev–Trinajstić information content (AvgIpc) is 3.20. The van der Waals surface area contributed by atoms with Crippen LogP contribution in [0.2, 0.25) is 5.02 Å². The average molecular weight is 511 g/mol. The molecule has 3 heterocycles. The second kappa shape index (κ2) is 10.5. The fourth-order valence-electron chi connectivity index (χ4n) is 4.49. The minimum atomic E-state index is -0.502. The Morgan fingerprint density at radius 2 is 1.86 bits per heavy atom. The number of nitrogens with one attached hydrogen (secondary N) is 2. The molecule has 1 amide bonds. The summed E-state index contributed by atoms with van der Waals surface area (Å²) in [5.41, 5.74) is 4.95. The van der Waals surface area contributed by atoms with Gasteiger partial charge in [0.2, 0.25) is 5.91 Å². The zero-order valence-corrected chi connectivity index (χ0v) is 21.0. The second-order valence-electron chi connectivity index (χ2n) is 8.90. The van der Waals surface area contributed by atoms with Crippen LogP contribution >= 0.6 is 23.4 Å². The van der Waals surface area contributed by atoms with Gasteiger partial charge in [0.1, 0.15) is 5.78 Å². The Morgan fingerprint density at radius 1 is 1.14 bits per heavy atom. The monoisotopic (exact) mass is 510 g/mol. The van der Waals surface area contributed by atoms with Crippen LogP contribution in [0.3, 0.4) is 0 Å². The van der Waals surface area contributed by atoms with Crippen LogP contribution < -0.4 is 5.32 Å². The highest BCUT2D eigenvalue weighted by atomic mass is 35.5. The molecule has 1 fully saturated rings. The minimum absolute atomic E-state index is 0.0173. The summed E-state index contributed by atoms with van der Waals surface area (Å²) in [6.07, 6.45) is 0.173. The molecule has 2 aliphatic rings. The first-order chi connectivity index (χ1) is 17.0. The number of hydrogen-bond acceptors (Lipinski definition) is 6. The van der Waals surface area contributed by atoms with Gasteiger partial charge in [-0.2, -0.15) is 5.10 Å². The van der Waals surface area contributed by atoms with E-state index in [1.54, 1.807) is 0 Å². The number of thioether (sulfide) groups is 1. The maximum absolute atomic E-state index is 13.0. The van der Waals surface area contributed by atoms with E-state index in [1.807, 2.05) is 24.3 Å². The lowest BCUT2D eigenvalue weighted by Gasteiger charge is -2.26. The van der Waals surface area contributed by atoms with Gasteiger partial charge in [-0.15, -0.1) is 11.8 Å². The normalized spacial score (nSPS) is 20.7. The maximum atomic E-state index is 13.0. The lowest BCUT2D eigenvalue weighted by Crippen LogP contribution is -2.35. The summed E-state index contributed by atoms with van der Waals surface area (Å²) in [6, 6.07) is 16.1. The van der Waals surface area contributed by atoms with Crippen LogP contribution in [-0.4, -0.2) is 58.3 Å². The quantitative estimate of drug-likeness (QED) is 0.500. The third kappa shape index (κ3) is 5.46. The van der Waals surface area contributed by atoms with Crippen molar-refractivity contribution in [2.24, 2.45) is 0 Å². The van der Waals surface area contributed by atoms with E-state index in [4.69, 9.17) is 16.3 Å². The number of Topliss-reactive ketones (excluding diaryl/α,β-unsaturated/α-hetero) is 1. The topological polar surface area (TPSA) is 87.3 Å². The molecule has 2 N–H and O–H groups in total. The van der Waals surface area contributed by atoms with Crippen LogP contribution in [0.25, 0.3) is 11.3 Å². The first kappa shape index (κ1) is 24.1. The summed E-state index contributed by atoms with van der Waals surface area (Å²) >= 11 is 7.61. The molecule has 35 heavy (non-hydrogen) atoms. The number of ketones is 1.